The molecule has 1 atom stereocenters. The number of benzene rings is 3. The number of hydrogen-bond donors (Lipinski definition) is 0. The van der Waals surface area contributed by atoms with Crippen molar-refractivity contribution in [2.75, 3.05) is 7.11 Å². The fourth-order valence-corrected chi connectivity index (χ4v) is 6.38. The van der Waals surface area contributed by atoms with Gasteiger partial charge in [-0.2, -0.15) is 0 Å². The van der Waals surface area contributed by atoms with Crippen LogP contribution >= 0.6 is 27.3 Å². The largest absolute Gasteiger partial charge is 0.497 e. The highest BCUT2D eigenvalue weighted by atomic mass is 79.9. The summed E-state index contributed by atoms with van der Waals surface area (Å²) in [7, 11) is 1.67. The zero-order valence-corrected chi connectivity index (χ0v) is 21.8. The van der Waals surface area contributed by atoms with E-state index in [0.717, 1.165) is 50.3 Å². The van der Waals surface area contributed by atoms with E-state index in [4.69, 9.17) is 9.73 Å². The fraction of sp³-hybridized carbons (Fsp3) is 0.172. The molecule has 0 saturated heterocycles. The lowest BCUT2D eigenvalue weighted by molar-refractivity contribution is 0.413. The number of fused-ring (bicyclic) bond motifs is 3. The third-order valence-electron chi connectivity index (χ3n) is 6.78. The van der Waals surface area contributed by atoms with E-state index in [1.807, 2.05) is 41.0 Å². The van der Waals surface area contributed by atoms with Crippen molar-refractivity contribution in [2.24, 2.45) is 4.99 Å². The summed E-state index contributed by atoms with van der Waals surface area (Å²) in [5.41, 5.74) is 7.85. The Morgan fingerprint density at radius 1 is 1.09 bits per heavy atom. The first-order chi connectivity index (χ1) is 17.0. The van der Waals surface area contributed by atoms with Gasteiger partial charge in [-0.3, -0.25) is 9.36 Å². The summed E-state index contributed by atoms with van der Waals surface area (Å²) in [6.45, 7) is 2.05. The second-order valence-electron chi connectivity index (χ2n) is 8.90. The summed E-state index contributed by atoms with van der Waals surface area (Å²) in [5, 5.41) is 0. The van der Waals surface area contributed by atoms with Gasteiger partial charge >= 0.3 is 0 Å². The van der Waals surface area contributed by atoms with Crippen molar-refractivity contribution in [3.63, 3.8) is 0 Å². The normalized spacial score (nSPS) is 16.9. The van der Waals surface area contributed by atoms with E-state index < -0.39 is 0 Å². The minimum absolute atomic E-state index is 0.0105. The summed E-state index contributed by atoms with van der Waals surface area (Å²) in [6.07, 6.45) is 3.77. The number of halogens is 1. The summed E-state index contributed by atoms with van der Waals surface area (Å²) < 4.78 is 9.11. The number of nitrogens with zero attached hydrogens (tertiary/aromatic N) is 2. The highest BCUT2D eigenvalue weighted by Gasteiger charge is 2.32. The number of thiazole rings is 1. The highest BCUT2D eigenvalue weighted by Crippen LogP contribution is 2.41. The van der Waals surface area contributed by atoms with E-state index in [1.54, 1.807) is 7.11 Å². The van der Waals surface area contributed by atoms with E-state index in [-0.39, 0.29) is 11.6 Å². The van der Waals surface area contributed by atoms with E-state index >= 15 is 0 Å². The lowest BCUT2D eigenvalue weighted by atomic mass is 9.83. The lowest BCUT2D eigenvalue weighted by Crippen LogP contribution is -2.38. The van der Waals surface area contributed by atoms with Crippen LogP contribution in [-0.4, -0.2) is 11.7 Å². The molecule has 0 radical (unpaired) electrons. The van der Waals surface area contributed by atoms with E-state index in [0.29, 0.717) is 4.53 Å². The molecule has 0 fully saturated rings. The SMILES string of the molecule is COc1cccc([C@@H]2C3=C(N=c4s/c(=C/c5ccc(C)c(Br)c5)c(=O)n42)c2ccccc2CC3)c1. The van der Waals surface area contributed by atoms with Gasteiger partial charge in [-0.15, -0.1) is 0 Å². The zero-order chi connectivity index (χ0) is 24.1. The molecular formula is C29H23BrN2O2S. The number of methoxy groups -OCH3 is 1. The standard InChI is InChI=1S/C29H23BrN2O2S/c1-17-10-11-18(14-24(17)30)15-25-28(33)32-27(20-7-5-8-21(16-20)34-2)23-13-12-19-6-3-4-9-22(19)26(23)31-29(32)35-25/h3-11,14-16,27H,12-13H2,1-2H3/b25-15+/t27-/m1/s1. The van der Waals surface area contributed by atoms with Crippen LogP contribution in [-0.2, 0) is 6.42 Å². The molecule has 0 saturated carbocycles. The van der Waals surface area contributed by atoms with Gasteiger partial charge in [0.1, 0.15) is 5.75 Å². The second kappa shape index (κ2) is 8.77. The maximum Gasteiger partial charge on any atom is 0.271 e. The van der Waals surface area contributed by atoms with Crippen molar-refractivity contribution in [1.82, 2.24) is 4.57 Å². The topological polar surface area (TPSA) is 43.6 Å². The predicted molar refractivity (Wildman–Crippen MR) is 145 cm³/mol. The van der Waals surface area contributed by atoms with Crippen LogP contribution in [0.4, 0.5) is 0 Å². The number of ether oxygens (including phenoxy) is 1. The fourth-order valence-electron chi connectivity index (χ4n) is 4.98. The number of allylic oxidation sites excluding steroid dienone is 1. The van der Waals surface area contributed by atoms with Crippen LogP contribution < -0.4 is 19.6 Å². The van der Waals surface area contributed by atoms with E-state index in [1.165, 1.54) is 28.0 Å². The van der Waals surface area contributed by atoms with Crippen molar-refractivity contribution in [1.29, 1.82) is 0 Å². The summed E-state index contributed by atoms with van der Waals surface area (Å²) >= 11 is 5.06. The van der Waals surface area contributed by atoms with Gasteiger partial charge in [-0.05, 0) is 71.9 Å². The third kappa shape index (κ3) is 3.81. The van der Waals surface area contributed by atoms with Gasteiger partial charge in [0.15, 0.2) is 4.80 Å². The maximum atomic E-state index is 13.8. The Labute approximate surface area is 215 Å². The number of rotatable bonds is 3. The molecule has 3 aromatic carbocycles. The Bertz CT molecular complexity index is 1700. The van der Waals surface area contributed by atoms with Crippen LogP contribution in [0.25, 0.3) is 11.8 Å². The Hall–Kier alpha value is -3.22. The maximum absolute atomic E-state index is 13.8. The smallest absolute Gasteiger partial charge is 0.271 e. The molecule has 4 aromatic rings. The Kier molecular flexibility index (Phi) is 5.58. The molecule has 1 aliphatic carbocycles. The van der Waals surface area contributed by atoms with Gasteiger partial charge in [-0.25, -0.2) is 4.99 Å². The summed E-state index contributed by atoms with van der Waals surface area (Å²) in [4.78, 5) is 19.7. The first-order valence-corrected chi connectivity index (χ1v) is 13.2. The molecule has 174 valence electrons. The van der Waals surface area contributed by atoms with Crippen LogP contribution in [0.2, 0.25) is 0 Å². The van der Waals surface area contributed by atoms with Crippen LogP contribution in [0.5, 0.6) is 5.75 Å². The molecule has 2 heterocycles. The van der Waals surface area contributed by atoms with Crippen LogP contribution in [0, 0.1) is 6.92 Å². The molecule has 0 bridgehead atoms. The van der Waals surface area contributed by atoms with E-state index in [2.05, 4.69) is 59.3 Å². The van der Waals surface area contributed by atoms with Gasteiger partial charge in [0.25, 0.3) is 5.56 Å². The van der Waals surface area contributed by atoms with Crippen molar-refractivity contribution in [2.45, 2.75) is 25.8 Å². The van der Waals surface area contributed by atoms with Crippen LogP contribution in [0.3, 0.4) is 0 Å². The van der Waals surface area contributed by atoms with E-state index in [9.17, 15) is 4.79 Å². The highest BCUT2D eigenvalue weighted by molar-refractivity contribution is 9.10. The third-order valence-corrected chi connectivity index (χ3v) is 8.61. The molecule has 6 rings (SSSR count). The van der Waals surface area contributed by atoms with Gasteiger partial charge in [0, 0.05) is 10.0 Å². The quantitative estimate of drug-likeness (QED) is 0.348. The monoisotopic (exact) mass is 542 g/mol. The molecule has 1 aromatic heterocycles. The van der Waals surface area contributed by atoms with Crippen molar-refractivity contribution in [3.8, 4) is 5.75 Å². The first kappa shape index (κ1) is 22.3. The van der Waals surface area contributed by atoms with Gasteiger partial charge in [0.2, 0.25) is 0 Å². The van der Waals surface area contributed by atoms with Crippen molar-refractivity contribution < 1.29 is 4.74 Å². The molecule has 6 heteroatoms. The Balaban J connectivity index is 1.62. The molecule has 0 spiro atoms. The van der Waals surface area contributed by atoms with Crippen molar-refractivity contribution in [3.05, 3.63) is 124 Å². The molecule has 2 aliphatic rings. The lowest BCUT2D eigenvalue weighted by Gasteiger charge is -2.31. The number of aromatic nitrogens is 1. The molecule has 35 heavy (non-hydrogen) atoms. The molecule has 0 N–H and O–H groups in total. The van der Waals surface area contributed by atoms with Crippen LogP contribution in [0.1, 0.15) is 40.3 Å². The number of hydrogen-bond acceptors (Lipinski definition) is 4. The molecule has 0 amide bonds. The minimum Gasteiger partial charge on any atom is -0.497 e. The first-order valence-electron chi connectivity index (χ1n) is 11.6. The van der Waals surface area contributed by atoms with Gasteiger partial charge < -0.3 is 4.74 Å². The molecule has 1 aliphatic heterocycles. The van der Waals surface area contributed by atoms with Crippen molar-refractivity contribution >= 4 is 39.0 Å². The Morgan fingerprint density at radius 3 is 2.77 bits per heavy atom. The minimum atomic E-state index is -0.211. The average molecular weight is 543 g/mol. The van der Waals surface area contributed by atoms with Crippen LogP contribution in [0.15, 0.2) is 86.6 Å². The Morgan fingerprint density at radius 2 is 1.94 bits per heavy atom. The summed E-state index contributed by atoms with van der Waals surface area (Å²) in [6, 6.07) is 22.5. The zero-order valence-electron chi connectivity index (χ0n) is 19.4. The molecule has 0 unspecified atom stereocenters. The average Bonchev–Trinajstić information content (AvgIpc) is 3.19. The predicted octanol–water partition coefficient (Wildman–Crippen LogP) is 5.40. The molecule has 4 nitrogen and oxygen atoms in total. The van der Waals surface area contributed by atoms with Gasteiger partial charge in [0.05, 0.1) is 23.4 Å². The molecular weight excluding hydrogens is 520 g/mol. The second-order valence-corrected chi connectivity index (χ2v) is 10.8. The number of aryl methyl sites for hydroxylation is 2. The van der Waals surface area contributed by atoms with Gasteiger partial charge in [-0.1, -0.05) is 75.8 Å². The summed E-state index contributed by atoms with van der Waals surface area (Å²) in [5.74, 6) is 0.782.